The highest BCUT2D eigenvalue weighted by molar-refractivity contribution is 8.17. The molecule has 4 heteroatoms. The minimum atomic E-state index is -1.74. The number of thioether (sulfide) groups is 2. The van der Waals surface area contributed by atoms with Crippen LogP contribution in [0.1, 0.15) is 19.8 Å². The van der Waals surface area contributed by atoms with Crippen LogP contribution in [0, 0.1) is 0 Å². The van der Waals surface area contributed by atoms with Gasteiger partial charge in [0.15, 0.2) is 0 Å². The van der Waals surface area contributed by atoms with E-state index < -0.39 is 7.26 Å². The number of hydrogen-bond acceptors (Lipinski definition) is 2. The van der Waals surface area contributed by atoms with Crippen LogP contribution in [0.25, 0.3) is 0 Å². The normalized spacial score (nSPS) is 16.0. The Morgan fingerprint density at radius 1 is 0.724 bits per heavy atom. The number of benzene rings is 3. The van der Waals surface area contributed by atoms with Gasteiger partial charge in [-0.05, 0) is 61.2 Å². The van der Waals surface area contributed by atoms with Crippen molar-refractivity contribution in [1.29, 1.82) is 0 Å². The van der Waals surface area contributed by atoms with Gasteiger partial charge in [-0.15, -0.1) is 23.5 Å². The predicted molar refractivity (Wildman–Crippen MR) is 133 cm³/mol. The third-order valence-corrected chi connectivity index (χ3v) is 13.4. The van der Waals surface area contributed by atoms with Crippen molar-refractivity contribution in [1.82, 2.24) is 0 Å². The molecule has 3 aromatic carbocycles. The van der Waals surface area contributed by atoms with Gasteiger partial charge in [0.2, 0.25) is 0 Å². The summed E-state index contributed by atoms with van der Waals surface area (Å²) in [6.45, 7) is 2.51. The standard InChI is InChI=1S/C25H28PS2.BrH/c1-21(20-25-27-18-11-19-28-25)26(22-12-5-2-6-13-22,23-14-7-3-8-15-23)24-16-9-4-10-17-24;/h2-10,12-17,21,25H,11,18-20H2,1H3;1H/q+1;/p-1. The van der Waals surface area contributed by atoms with E-state index in [0.717, 1.165) is 4.58 Å². The van der Waals surface area contributed by atoms with Crippen LogP contribution in [0.2, 0.25) is 0 Å². The second kappa shape index (κ2) is 11.0. The smallest absolute Gasteiger partial charge is 0.114 e. The van der Waals surface area contributed by atoms with Crippen LogP contribution >= 0.6 is 30.8 Å². The van der Waals surface area contributed by atoms with Gasteiger partial charge in [-0.1, -0.05) is 54.6 Å². The van der Waals surface area contributed by atoms with Crippen LogP contribution < -0.4 is 32.9 Å². The summed E-state index contributed by atoms with van der Waals surface area (Å²) in [5, 5.41) is 4.52. The Morgan fingerprint density at radius 2 is 1.10 bits per heavy atom. The summed E-state index contributed by atoms with van der Waals surface area (Å²) in [5.74, 6) is 2.63. The third-order valence-electron chi connectivity index (χ3n) is 5.58. The lowest BCUT2D eigenvalue weighted by molar-refractivity contribution is -0.00000537. The Hall–Kier alpha value is -0.730. The van der Waals surface area contributed by atoms with Crippen molar-refractivity contribution >= 4 is 46.7 Å². The average Bonchev–Trinajstić information content (AvgIpc) is 2.77. The third kappa shape index (κ3) is 4.96. The fourth-order valence-corrected chi connectivity index (χ4v) is 12.6. The van der Waals surface area contributed by atoms with Crippen molar-refractivity contribution in [2.45, 2.75) is 30.0 Å². The minimum Gasteiger partial charge on any atom is -1.00 e. The number of rotatable bonds is 6. The van der Waals surface area contributed by atoms with Crippen LogP contribution in [-0.2, 0) is 0 Å². The van der Waals surface area contributed by atoms with E-state index in [2.05, 4.69) is 121 Å². The van der Waals surface area contributed by atoms with Gasteiger partial charge in [-0.25, -0.2) is 0 Å². The van der Waals surface area contributed by atoms with Crippen LogP contribution in [0.15, 0.2) is 91.0 Å². The van der Waals surface area contributed by atoms with Crippen molar-refractivity contribution in [3.63, 3.8) is 0 Å². The molecule has 1 heterocycles. The molecule has 0 N–H and O–H groups in total. The lowest BCUT2D eigenvalue weighted by atomic mass is 10.3. The van der Waals surface area contributed by atoms with E-state index in [1.54, 1.807) is 0 Å². The maximum absolute atomic E-state index is 2.51. The van der Waals surface area contributed by atoms with Gasteiger partial charge in [0.05, 0.1) is 10.2 Å². The van der Waals surface area contributed by atoms with Gasteiger partial charge in [0.1, 0.15) is 23.2 Å². The summed E-state index contributed by atoms with van der Waals surface area (Å²) in [7, 11) is -1.74. The van der Waals surface area contributed by atoms with Crippen LogP contribution in [0.4, 0.5) is 0 Å². The molecule has 0 spiro atoms. The predicted octanol–water partition coefficient (Wildman–Crippen LogP) is 2.96. The summed E-state index contributed by atoms with van der Waals surface area (Å²) < 4.78 is 0.722. The second-order valence-corrected chi connectivity index (χ2v) is 14.1. The molecule has 0 aromatic heterocycles. The van der Waals surface area contributed by atoms with Crippen molar-refractivity contribution in [2.24, 2.45) is 0 Å². The molecule has 0 radical (unpaired) electrons. The van der Waals surface area contributed by atoms with Crippen LogP contribution in [0.5, 0.6) is 0 Å². The molecule has 1 saturated heterocycles. The summed E-state index contributed by atoms with van der Waals surface area (Å²) in [6.07, 6.45) is 2.62. The Balaban J connectivity index is 0.00000240. The molecule has 1 fully saturated rings. The number of hydrogen-bond donors (Lipinski definition) is 0. The van der Waals surface area contributed by atoms with E-state index in [1.807, 2.05) is 0 Å². The second-order valence-electron chi connectivity index (χ2n) is 7.34. The van der Waals surface area contributed by atoms with Crippen molar-refractivity contribution in [3.8, 4) is 0 Å². The highest BCUT2D eigenvalue weighted by atomic mass is 79.9. The first kappa shape index (κ1) is 22.9. The summed E-state index contributed by atoms with van der Waals surface area (Å²) in [6, 6.07) is 33.9. The SMILES string of the molecule is CC(CC1SCCCS1)[P+](c1ccccc1)(c1ccccc1)c1ccccc1.[Br-]. The molecule has 29 heavy (non-hydrogen) atoms. The quantitative estimate of drug-likeness (QED) is 0.475. The van der Waals surface area contributed by atoms with Crippen molar-refractivity contribution in [3.05, 3.63) is 91.0 Å². The maximum atomic E-state index is 2.51. The summed E-state index contributed by atoms with van der Waals surface area (Å²) in [4.78, 5) is 0. The minimum absolute atomic E-state index is 0. The fourth-order valence-electron chi connectivity index (χ4n) is 4.31. The lowest BCUT2D eigenvalue weighted by Gasteiger charge is -2.35. The van der Waals surface area contributed by atoms with E-state index in [9.17, 15) is 0 Å². The lowest BCUT2D eigenvalue weighted by Crippen LogP contribution is -3.00. The zero-order valence-corrected chi connectivity index (χ0v) is 20.9. The van der Waals surface area contributed by atoms with Gasteiger partial charge in [-0.3, -0.25) is 0 Å². The molecule has 0 nitrogen and oxygen atoms in total. The van der Waals surface area contributed by atoms with Gasteiger partial charge >= 0.3 is 0 Å². The molecule has 4 rings (SSSR count). The topological polar surface area (TPSA) is 0 Å². The fraction of sp³-hybridized carbons (Fsp3) is 0.280. The molecular weight excluding hydrogens is 475 g/mol. The molecule has 0 aliphatic carbocycles. The molecule has 0 saturated carbocycles. The molecule has 1 aliphatic rings. The molecule has 1 unspecified atom stereocenters. The molecule has 1 atom stereocenters. The highest BCUT2D eigenvalue weighted by Crippen LogP contribution is 2.61. The van der Waals surface area contributed by atoms with E-state index in [0.29, 0.717) is 5.66 Å². The first-order valence-electron chi connectivity index (χ1n) is 10.1. The molecule has 0 bridgehead atoms. The zero-order chi connectivity index (χ0) is 19.2. The maximum Gasteiger partial charge on any atom is 0.114 e. The molecular formula is C25H28BrPS2. The van der Waals surface area contributed by atoms with Gasteiger partial charge in [0, 0.05) is 6.42 Å². The van der Waals surface area contributed by atoms with E-state index in [1.165, 1.54) is 40.3 Å². The first-order valence-corrected chi connectivity index (χ1v) is 14.1. The average molecular weight is 504 g/mol. The highest BCUT2D eigenvalue weighted by Gasteiger charge is 2.50. The van der Waals surface area contributed by atoms with Crippen molar-refractivity contribution in [2.75, 3.05) is 11.5 Å². The molecule has 1 aliphatic heterocycles. The Kier molecular flexibility index (Phi) is 8.74. The molecule has 3 aromatic rings. The largest absolute Gasteiger partial charge is 1.00 e. The van der Waals surface area contributed by atoms with Crippen molar-refractivity contribution < 1.29 is 17.0 Å². The van der Waals surface area contributed by atoms with Crippen LogP contribution in [-0.4, -0.2) is 21.7 Å². The Morgan fingerprint density at radius 3 is 1.48 bits per heavy atom. The Bertz CT molecular complexity index is 755. The molecule has 152 valence electrons. The monoisotopic (exact) mass is 502 g/mol. The summed E-state index contributed by atoms with van der Waals surface area (Å²) >= 11 is 4.35. The van der Waals surface area contributed by atoms with Gasteiger partial charge in [-0.2, -0.15) is 0 Å². The van der Waals surface area contributed by atoms with E-state index >= 15 is 0 Å². The summed E-state index contributed by atoms with van der Waals surface area (Å²) in [5.41, 5.74) is 0.600. The Labute approximate surface area is 195 Å². The zero-order valence-electron chi connectivity index (χ0n) is 16.8. The van der Waals surface area contributed by atoms with Gasteiger partial charge in [0.25, 0.3) is 0 Å². The first-order chi connectivity index (χ1) is 13.8. The number of halogens is 1. The van der Waals surface area contributed by atoms with Crippen LogP contribution in [0.3, 0.4) is 0 Å². The molecule has 0 amide bonds. The van der Waals surface area contributed by atoms with E-state index in [4.69, 9.17) is 0 Å². The van der Waals surface area contributed by atoms with E-state index in [-0.39, 0.29) is 17.0 Å². The van der Waals surface area contributed by atoms with Gasteiger partial charge < -0.3 is 17.0 Å².